The standard InChI is InChI=1S/C16H25N5O4.CH2O2/c1-20-16(25-2)18-14(19-20)15(24)17-8-12-6-5-11(7-13(22)23)21(12)9-10-3-4-10;2-1-3/h10-12H,3-9H2,1-2H3,(H,17,24)(H,22,23);1H,(H,2,3)/t11-,12+;/m1./s1. The van der Waals surface area contributed by atoms with E-state index in [-0.39, 0.29) is 42.7 Å². The fraction of sp³-hybridized carbons (Fsp3) is 0.706. The lowest BCUT2D eigenvalue weighted by molar-refractivity contribution is -0.138. The first-order valence-corrected chi connectivity index (χ1v) is 9.18. The van der Waals surface area contributed by atoms with Crippen LogP contribution in [-0.2, 0) is 16.6 Å². The second kappa shape index (κ2) is 10.0. The molecule has 0 bridgehead atoms. The summed E-state index contributed by atoms with van der Waals surface area (Å²) in [6.45, 7) is 1.15. The third kappa shape index (κ3) is 5.91. The minimum atomic E-state index is -0.764. The second-order valence-corrected chi connectivity index (χ2v) is 6.98. The second-order valence-electron chi connectivity index (χ2n) is 6.98. The highest BCUT2D eigenvalue weighted by Crippen LogP contribution is 2.35. The quantitative estimate of drug-likeness (QED) is 0.514. The van der Waals surface area contributed by atoms with Gasteiger partial charge in [-0.1, -0.05) is 0 Å². The van der Waals surface area contributed by atoms with E-state index < -0.39 is 5.97 Å². The summed E-state index contributed by atoms with van der Waals surface area (Å²) in [6.07, 6.45) is 4.34. The van der Waals surface area contributed by atoms with Crippen molar-refractivity contribution in [1.29, 1.82) is 0 Å². The zero-order valence-electron chi connectivity index (χ0n) is 16.1. The lowest BCUT2D eigenvalue weighted by atomic mass is 10.1. The first-order valence-electron chi connectivity index (χ1n) is 9.18. The number of hydrogen-bond acceptors (Lipinski definition) is 7. The molecule has 2 fully saturated rings. The van der Waals surface area contributed by atoms with Gasteiger partial charge in [0.1, 0.15) is 0 Å². The normalized spacial score (nSPS) is 21.5. The molecule has 2 aliphatic rings. The molecule has 1 saturated carbocycles. The molecular formula is C17H27N5O6. The molecule has 0 aromatic carbocycles. The highest BCUT2D eigenvalue weighted by molar-refractivity contribution is 5.90. The van der Waals surface area contributed by atoms with Crippen LogP contribution in [0, 0.1) is 5.92 Å². The Morgan fingerprint density at radius 3 is 2.46 bits per heavy atom. The largest absolute Gasteiger partial charge is 0.483 e. The minimum Gasteiger partial charge on any atom is -0.483 e. The van der Waals surface area contributed by atoms with Crippen molar-refractivity contribution < 1.29 is 29.3 Å². The van der Waals surface area contributed by atoms with Crippen molar-refractivity contribution >= 4 is 18.3 Å². The molecule has 1 aliphatic carbocycles. The third-order valence-corrected chi connectivity index (χ3v) is 4.95. The predicted molar refractivity (Wildman–Crippen MR) is 97.1 cm³/mol. The van der Waals surface area contributed by atoms with Crippen LogP contribution >= 0.6 is 0 Å². The summed E-state index contributed by atoms with van der Waals surface area (Å²) < 4.78 is 6.43. The topological polar surface area (TPSA) is 147 Å². The Morgan fingerprint density at radius 1 is 1.29 bits per heavy atom. The fourth-order valence-electron chi connectivity index (χ4n) is 3.49. The number of carboxylic acid groups (broad SMARTS) is 2. The van der Waals surface area contributed by atoms with Gasteiger partial charge in [0.25, 0.3) is 12.4 Å². The van der Waals surface area contributed by atoms with Gasteiger partial charge in [0.2, 0.25) is 5.82 Å². The van der Waals surface area contributed by atoms with E-state index in [4.69, 9.17) is 19.7 Å². The van der Waals surface area contributed by atoms with Crippen LogP contribution in [0.2, 0.25) is 0 Å². The monoisotopic (exact) mass is 397 g/mol. The van der Waals surface area contributed by atoms with E-state index in [2.05, 4.69) is 20.3 Å². The maximum Gasteiger partial charge on any atom is 0.314 e. The number of nitrogens with zero attached hydrogens (tertiary/aromatic N) is 4. The van der Waals surface area contributed by atoms with E-state index in [1.807, 2.05) is 0 Å². The molecule has 0 spiro atoms. The van der Waals surface area contributed by atoms with Crippen LogP contribution in [-0.4, -0.2) is 80.5 Å². The van der Waals surface area contributed by atoms with Crippen LogP contribution in [0.5, 0.6) is 6.01 Å². The Balaban J connectivity index is 0.000000878. The van der Waals surface area contributed by atoms with Gasteiger partial charge in [-0.3, -0.25) is 19.3 Å². The number of hydrogen-bond donors (Lipinski definition) is 3. The summed E-state index contributed by atoms with van der Waals surface area (Å²) in [5.74, 6) is -0.352. The smallest absolute Gasteiger partial charge is 0.314 e. The molecule has 1 saturated heterocycles. The molecule has 1 aliphatic heterocycles. The number of carboxylic acids is 1. The molecule has 2 atom stereocenters. The zero-order valence-corrected chi connectivity index (χ0v) is 16.1. The van der Waals surface area contributed by atoms with Gasteiger partial charge < -0.3 is 20.3 Å². The number of aryl methyl sites for hydroxylation is 1. The number of methoxy groups -OCH3 is 1. The van der Waals surface area contributed by atoms with Gasteiger partial charge in [-0.2, -0.15) is 4.98 Å². The number of likely N-dealkylation sites (tertiary alicyclic amines) is 1. The average molecular weight is 397 g/mol. The molecule has 3 rings (SSSR count). The van der Waals surface area contributed by atoms with Crippen molar-refractivity contribution in [2.24, 2.45) is 13.0 Å². The predicted octanol–water partition coefficient (Wildman–Crippen LogP) is -0.0280. The van der Waals surface area contributed by atoms with E-state index in [9.17, 15) is 9.59 Å². The van der Waals surface area contributed by atoms with Crippen LogP contribution < -0.4 is 10.1 Å². The molecule has 11 nitrogen and oxygen atoms in total. The lowest BCUT2D eigenvalue weighted by Gasteiger charge is -2.29. The number of rotatable bonds is 8. The highest BCUT2D eigenvalue weighted by Gasteiger charge is 2.38. The van der Waals surface area contributed by atoms with Crippen LogP contribution in [0.4, 0.5) is 0 Å². The Hall–Kier alpha value is -2.69. The third-order valence-electron chi connectivity index (χ3n) is 4.95. The van der Waals surface area contributed by atoms with Gasteiger partial charge in [0.15, 0.2) is 0 Å². The van der Waals surface area contributed by atoms with Crippen LogP contribution in [0.15, 0.2) is 0 Å². The summed E-state index contributed by atoms with van der Waals surface area (Å²) in [5.41, 5.74) is 0. The highest BCUT2D eigenvalue weighted by atomic mass is 16.5. The number of carbonyl (C=O) groups excluding carboxylic acids is 1. The summed E-state index contributed by atoms with van der Waals surface area (Å²) >= 11 is 0. The summed E-state index contributed by atoms with van der Waals surface area (Å²) in [4.78, 5) is 38.0. The molecule has 2 heterocycles. The number of amides is 1. The Bertz CT molecular complexity index is 690. The summed E-state index contributed by atoms with van der Waals surface area (Å²) in [7, 11) is 3.13. The Morgan fingerprint density at radius 2 is 1.93 bits per heavy atom. The summed E-state index contributed by atoms with van der Waals surface area (Å²) in [6, 6.07) is 0.510. The van der Waals surface area contributed by atoms with Gasteiger partial charge >= 0.3 is 12.0 Å². The molecule has 1 amide bonds. The SMILES string of the molecule is COc1nc(C(=O)NC[C@@H]2CC[C@H](CC(=O)O)N2CC2CC2)nn1C.O=CO. The lowest BCUT2D eigenvalue weighted by Crippen LogP contribution is -2.45. The van der Waals surface area contributed by atoms with Crippen LogP contribution in [0.25, 0.3) is 0 Å². The molecule has 0 unspecified atom stereocenters. The molecule has 3 N–H and O–H groups in total. The van der Waals surface area contributed by atoms with Crippen molar-refractivity contribution in [2.45, 2.75) is 44.2 Å². The van der Waals surface area contributed by atoms with Crippen LogP contribution in [0.1, 0.15) is 42.7 Å². The average Bonchev–Trinajstić information content (AvgIpc) is 3.28. The number of ether oxygens (including phenoxy) is 1. The van der Waals surface area contributed by atoms with E-state index in [1.165, 1.54) is 24.6 Å². The van der Waals surface area contributed by atoms with Crippen LogP contribution in [0.3, 0.4) is 0 Å². The maximum atomic E-state index is 12.3. The molecule has 0 radical (unpaired) electrons. The van der Waals surface area contributed by atoms with Crippen molar-refractivity contribution in [3.05, 3.63) is 5.82 Å². The summed E-state index contributed by atoms with van der Waals surface area (Å²) in [5, 5.41) is 22.9. The molecule has 11 heteroatoms. The van der Waals surface area contributed by atoms with Crippen molar-refractivity contribution in [2.75, 3.05) is 20.2 Å². The van der Waals surface area contributed by atoms with E-state index in [1.54, 1.807) is 7.05 Å². The van der Waals surface area contributed by atoms with E-state index >= 15 is 0 Å². The first kappa shape index (κ1) is 21.6. The molecule has 156 valence electrons. The Kier molecular flexibility index (Phi) is 7.73. The van der Waals surface area contributed by atoms with Gasteiger partial charge in [-0.25, -0.2) is 4.68 Å². The van der Waals surface area contributed by atoms with Crippen molar-refractivity contribution in [3.8, 4) is 6.01 Å². The van der Waals surface area contributed by atoms with E-state index in [0.29, 0.717) is 12.5 Å². The maximum absolute atomic E-state index is 12.3. The minimum absolute atomic E-state index is 0.0630. The molecule has 1 aromatic rings. The number of aromatic nitrogens is 3. The van der Waals surface area contributed by atoms with Gasteiger partial charge in [-0.15, -0.1) is 5.10 Å². The van der Waals surface area contributed by atoms with E-state index in [0.717, 1.165) is 19.4 Å². The Labute approximate surface area is 162 Å². The van der Waals surface area contributed by atoms with Crippen molar-refractivity contribution in [1.82, 2.24) is 25.0 Å². The molecule has 1 aromatic heterocycles. The van der Waals surface area contributed by atoms with Crippen molar-refractivity contribution in [3.63, 3.8) is 0 Å². The fourth-order valence-corrected chi connectivity index (χ4v) is 3.49. The number of carbonyl (C=O) groups is 3. The van der Waals surface area contributed by atoms with Gasteiger partial charge in [0.05, 0.1) is 13.5 Å². The number of aliphatic carboxylic acids is 1. The molecule has 28 heavy (non-hydrogen) atoms. The first-order chi connectivity index (χ1) is 13.4. The molecular weight excluding hydrogens is 370 g/mol. The van der Waals surface area contributed by atoms with Gasteiger partial charge in [-0.05, 0) is 31.6 Å². The zero-order chi connectivity index (χ0) is 20.7. The number of nitrogens with one attached hydrogen (secondary N) is 1. The van der Waals surface area contributed by atoms with Gasteiger partial charge in [0, 0.05) is 32.2 Å².